The van der Waals surface area contributed by atoms with Crippen LogP contribution in [0.3, 0.4) is 0 Å². The number of halogens is 1. The van der Waals surface area contributed by atoms with Crippen molar-refractivity contribution in [1.29, 1.82) is 0 Å². The molecule has 3 heterocycles. The van der Waals surface area contributed by atoms with Gasteiger partial charge in [0, 0.05) is 32.4 Å². The van der Waals surface area contributed by atoms with Gasteiger partial charge < -0.3 is 4.98 Å². The number of allylic oxidation sites excluding steroid dienone is 2. The van der Waals surface area contributed by atoms with Gasteiger partial charge in [-0.3, -0.25) is 0 Å². The molecule has 0 aliphatic heterocycles. The zero-order valence-corrected chi connectivity index (χ0v) is 32.7. The van der Waals surface area contributed by atoms with Crippen LogP contribution >= 0.6 is 11.3 Å². The second-order valence-electron chi connectivity index (χ2n) is 12.5. The number of hydrogen-bond acceptors (Lipinski definition) is 3. The number of pyridine rings is 2. The molecule has 4 aromatic carbocycles. The molecule has 2 nitrogen and oxygen atoms in total. The largest absolute Gasteiger partial charge is 0.305 e. The Kier molecular flexibility index (Phi) is 10.5. The summed E-state index contributed by atoms with van der Waals surface area (Å²) in [5.41, 5.74) is 6.10. The van der Waals surface area contributed by atoms with Crippen LogP contribution in [-0.4, -0.2) is 23.2 Å². The van der Waals surface area contributed by atoms with E-state index < -0.39 is 19.2 Å². The Labute approximate surface area is 298 Å². The van der Waals surface area contributed by atoms with E-state index in [4.69, 9.17) is 1.37 Å². The topological polar surface area (TPSA) is 25.8 Å². The molecule has 239 valence electrons. The number of fused-ring (bicyclic) bond motifs is 5. The molecule has 1 unspecified atom stereocenters. The van der Waals surface area contributed by atoms with Gasteiger partial charge in [0.05, 0.1) is 0 Å². The van der Waals surface area contributed by atoms with E-state index in [0.29, 0.717) is 0 Å². The van der Waals surface area contributed by atoms with Crippen LogP contribution in [0.25, 0.3) is 53.5 Å². The van der Waals surface area contributed by atoms with Crippen molar-refractivity contribution in [3.05, 3.63) is 139 Å². The number of benzene rings is 4. The van der Waals surface area contributed by atoms with E-state index in [0.717, 1.165) is 59.0 Å². The van der Waals surface area contributed by atoms with Gasteiger partial charge in [-0.25, -0.2) is 4.39 Å². The van der Waals surface area contributed by atoms with Gasteiger partial charge in [0.25, 0.3) is 0 Å². The van der Waals surface area contributed by atoms with Gasteiger partial charge in [0.2, 0.25) is 0 Å². The van der Waals surface area contributed by atoms with Crippen molar-refractivity contribution < 1.29 is 25.9 Å². The molecule has 0 aliphatic rings. The first kappa shape index (κ1) is 33.4. The Bertz CT molecular complexity index is 2260. The normalized spacial score (nSPS) is 13.2. The second-order valence-corrected chi connectivity index (χ2v) is 24.1. The third-order valence-corrected chi connectivity index (χ3v) is 13.9. The quantitative estimate of drug-likeness (QED) is 0.0978. The molecule has 0 N–H and O–H groups in total. The van der Waals surface area contributed by atoms with Gasteiger partial charge in [0.1, 0.15) is 5.82 Å². The minimum absolute atomic E-state index is 0. The Morgan fingerprint density at radius 1 is 0.872 bits per heavy atom. The van der Waals surface area contributed by atoms with Crippen LogP contribution < -0.4 is 4.40 Å². The minimum atomic E-state index is -1.77. The number of rotatable bonds is 5. The average Bonchev–Trinajstić information content (AvgIpc) is 3.44. The van der Waals surface area contributed by atoms with Gasteiger partial charge in [0.15, 0.2) is 0 Å². The van der Waals surface area contributed by atoms with Crippen molar-refractivity contribution in [1.82, 2.24) is 9.97 Å². The summed E-state index contributed by atoms with van der Waals surface area (Å²) >= 11 is -0.0851. The molecule has 1 radical (unpaired) electrons. The molecule has 0 amide bonds. The summed E-state index contributed by atoms with van der Waals surface area (Å²) < 4.78 is 26.0. The molecular formula is C41H37FGeIrN2S-2. The molecular weight excluding hydrogens is 836 g/mol. The molecule has 47 heavy (non-hydrogen) atoms. The van der Waals surface area contributed by atoms with Crippen LogP contribution in [0.2, 0.25) is 17.3 Å². The fraction of sp³-hybridized carbons (Fsp3) is 0.171. The maximum atomic E-state index is 13.7. The van der Waals surface area contributed by atoms with E-state index in [-0.39, 0.29) is 25.9 Å². The van der Waals surface area contributed by atoms with E-state index in [9.17, 15) is 4.39 Å². The van der Waals surface area contributed by atoms with Crippen molar-refractivity contribution in [2.75, 3.05) is 0 Å². The monoisotopic (exact) mass is 876 g/mol. The van der Waals surface area contributed by atoms with E-state index in [2.05, 4.69) is 76.8 Å². The van der Waals surface area contributed by atoms with Crippen molar-refractivity contribution in [3.63, 3.8) is 0 Å². The van der Waals surface area contributed by atoms with Crippen molar-refractivity contribution in [2.24, 2.45) is 0 Å². The third-order valence-electron chi connectivity index (χ3n) is 8.17. The molecule has 1 atom stereocenters. The average molecular weight is 875 g/mol. The number of nitrogens with zero attached hydrogens (tertiary/aromatic N) is 2. The zero-order valence-electron chi connectivity index (χ0n) is 28.4. The standard InChI is InChI=1S/C26H19FNS.C15H18GeN.Ir/c1-3-5-16(2)17-12-13-28-24(15-17)23-7-4-6-21-22-10-8-18-14-19(27)9-11-20(18)25(22)29-26(21)23;1-12-10-15(13-8-6-5-7-9-13)17-11-14(12)16(2,3)4;/h3-6,8-16H,1-2H3;5-8,10-11H,1-4H3;/q2*-1;/b5-3-;;/i16D;;. The summed E-state index contributed by atoms with van der Waals surface area (Å²) in [6, 6.07) is 33.6. The van der Waals surface area contributed by atoms with Gasteiger partial charge in [-0.2, -0.15) is 11.3 Å². The Balaban J connectivity index is 0.000000214. The van der Waals surface area contributed by atoms with Crippen LogP contribution in [0.5, 0.6) is 0 Å². The summed E-state index contributed by atoms with van der Waals surface area (Å²) in [6.07, 6.45) is 7.62. The number of thiophene rings is 1. The minimum Gasteiger partial charge on any atom is -0.305 e. The molecule has 7 rings (SSSR count). The summed E-state index contributed by atoms with van der Waals surface area (Å²) in [5, 5.41) is 4.25. The molecule has 0 saturated heterocycles. The Morgan fingerprint density at radius 2 is 1.66 bits per heavy atom. The molecule has 6 heteroatoms. The predicted octanol–water partition coefficient (Wildman–Crippen LogP) is 11.3. The molecule has 0 aliphatic carbocycles. The van der Waals surface area contributed by atoms with Gasteiger partial charge in [-0.15, -0.1) is 23.8 Å². The number of aryl methyl sites for hydroxylation is 1. The maximum absolute atomic E-state index is 13.7. The molecule has 3 aromatic heterocycles. The van der Waals surface area contributed by atoms with Crippen LogP contribution in [0.4, 0.5) is 4.39 Å². The van der Waals surface area contributed by atoms with Crippen LogP contribution in [0, 0.1) is 24.9 Å². The summed E-state index contributed by atoms with van der Waals surface area (Å²) in [5.74, 6) is 6.16. The number of hydrogen-bond donors (Lipinski definition) is 0. The van der Waals surface area contributed by atoms with E-state index in [1.165, 1.54) is 16.0 Å². The zero-order chi connectivity index (χ0) is 33.3. The molecule has 0 saturated carbocycles. The fourth-order valence-corrected chi connectivity index (χ4v) is 10.8. The molecule has 0 bridgehead atoms. The smallest absolute Gasteiger partial charge is 0.123 e. The van der Waals surface area contributed by atoms with E-state index in [1.54, 1.807) is 23.6 Å². The molecule has 0 fully saturated rings. The SMILES string of the molecule is Cc1cc(-c2[c-]cccc2)nc[c]1[Ge]([CH3])([CH3])[CH3].[2H]C(C)(/C=C\C)c1ccnc(-c2[c-]ccc3c2sc2c4ccc(F)cc4ccc32)c1.[Ir]. The first-order chi connectivity index (χ1) is 22.5. The van der Waals surface area contributed by atoms with E-state index in [1.807, 2.05) is 74.5 Å². The molecule has 0 spiro atoms. The van der Waals surface area contributed by atoms with Crippen LogP contribution in [-0.2, 0) is 20.1 Å². The second kappa shape index (κ2) is 14.7. The Morgan fingerprint density at radius 3 is 2.38 bits per heavy atom. The van der Waals surface area contributed by atoms with E-state index >= 15 is 0 Å². The predicted molar refractivity (Wildman–Crippen MR) is 198 cm³/mol. The summed E-state index contributed by atoms with van der Waals surface area (Å²) in [7, 11) is 0. The van der Waals surface area contributed by atoms with Gasteiger partial charge >= 0.3 is 106 Å². The van der Waals surface area contributed by atoms with Gasteiger partial charge in [-0.1, -0.05) is 48.7 Å². The Hall–Kier alpha value is -3.48. The maximum Gasteiger partial charge on any atom is 0.123 e. The van der Waals surface area contributed by atoms with Crippen molar-refractivity contribution >= 4 is 59.9 Å². The van der Waals surface area contributed by atoms with Crippen molar-refractivity contribution in [2.45, 2.75) is 43.9 Å². The van der Waals surface area contributed by atoms with Crippen LogP contribution in [0.15, 0.2) is 109 Å². The van der Waals surface area contributed by atoms with Crippen molar-refractivity contribution in [3.8, 4) is 22.5 Å². The fourth-order valence-electron chi connectivity index (χ4n) is 5.89. The summed E-state index contributed by atoms with van der Waals surface area (Å²) in [4.78, 5) is 9.19. The number of aromatic nitrogens is 2. The summed E-state index contributed by atoms with van der Waals surface area (Å²) in [6.45, 7) is 6.00. The molecule has 7 aromatic rings. The van der Waals surface area contributed by atoms with Crippen LogP contribution in [0.1, 0.15) is 32.2 Å². The first-order valence-corrected chi connectivity index (χ1v) is 23.6. The van der Waals surface area contributed by atoms with Gasteiger partial charge in [-0.05, 0) is 63.1 Å². The third kappa shape index (κ3) is 7.49. The first-order valence-electron chi connectivity index (χ1n) is 16.0.